The Morgan fingerprint density at radius 3 is 1.83 bits per heavy atom. The van der Waals surface area contributed by atoms with Gasteiger partial charge in [0, 0.05) is 33.6 Å². The Morgan fingerprint density at radius 2 is 1.48 bits per heavy atom. The normalized spacial score (nSPS) is 18.4. The van der Waals surface area contributed by atoms with Crippen LogP contribution in [0.15, 0.2) is 0 Å². The number of carboxylic acids is 2. The van der Waals surface area contributed by atoms with Gasteiger partial charge >= 0.3 is 11.9 Å². The van der Waals surface area contributed by atoms with Crippen molar-refractivity contribution in [2.75, 3.05) is 13.7 Å². The number of carbonyl (C=O) groups excluding carboxylic acids is 2. The minimum atomic E-state index is -0.833. The van der Waals surface area contributed by atoms with E-state index in [0.29, 0.717) is 19.4 Å². The van der Waals surface area contributed by atoms with Crippen molar-refractivity contribution in [3.8, 4) is 0 Å². The van der Waals surface area contributed by atoms with Crippen LogP contribution in [0.2, 0.25) is 0 Å². The van der Waals surface area contributed by atoms with Crippen molar-refractivity contribution in [2.45, 2.75) is 45.8 Å². The van der Waals surface area contributed by atoms with Crippen molar-refractivity contribution < 1.29 is 43.6 Å². The van der Waals surface area contributed by atoms with E-state index in [2.05, 4.69) is 4.74 Å². The molecule has 0 radical (unpaired) electrons. The molecule has 10 heteroatoms. The smallest absolute Gasteiger partial charge is 0.335 e. The molecule has 0 aromatic rings. The summed E-state index contributed by atoms with van der Waals surface area (Å²) in [5.41, 5.74) is 0. The summed E-state index contributed by atoms with van der Waals surface area (Å²) in [6, 6.07) is 0. The Labute approximate surface area is 144 Å². The summed E-state index contributed by atoms with van der Waals surface area (Å²) in [5, 5.41) is 14.8. The average molecular weight is 403 g/mol. The number of carboxylic acid groups (broad SMARTS) is 2. The predicted molar refractivity (Wildman–Crippen MR) is 83.5 cm³/mol. The van der Waals surface area contributed by atoms with Crippen molar-refractivity contribution >= 4 is 40.9 Å². The van der Waals surface area contributed by atoms with Gasteiger partial charge in [-0.25, -0.2) is 4.79 Å². The minimum Gasteiger partial charge on any atom is -0.481 e. The maximum atomic E-state index is 11.1. The number of ether oxygens (including phenoxy) is 3. The van der Waals surface area contributed by atoms with Crippen LogP contribution >= 0.6 is 17.0 Å². The monoisotopic (exact) mass is 402 g/mol. The van der Waals surface area contributed by atoms with Crippen molar-refractivity contribution in [3.05, 3.63) is 0 Å². The fourth-order valence-corrected chi connectivity index (χ4v) is 1.40. The van der Waals surface area contributed by atoms with Gasteiger partial charge in [-0.1, -0.05) is 0 Å². The summed E-state index contributed by atoms with van der Waals surface area (Å²) in [7, 11) is 1.31. The summed E-state index contributed by atoms with van der Waals surface area (Å²) < 4.78 is 14.7. The SMILES string of the molecule is Br.CC(=O)O.CC(=O)O.COC(=O)[C@@H]1C[C@H](OC(C)=O)CCO1. The lowest BCUT2D eigenvalue weighted by Gasteiger charge is -2.27. The Balaban J connectivity index is -0.000000374. The third kappa shape index (κ3) is 20.3. The fourth-order valence-electron chi connectivity index (χ4n) is 1.40. The number of carbonyl (C=O) groups is 4. The molecule has 0 unspecified atom stereocenters. The zero-order chi connectivity index (χ0) is 17.7. The molecule has 0 bridgehead atoms. The van der Waals surface area contributed by atoms with Crippen molar-refractivity contribution in [3.63, 3.8) is 0 Å². The molecular weight excluding hydrogens is 380 g/mol. The fraction of sp³-hybridized carbons (Fsp3) is 0.692. The third-order valence-corrected chi connectivity index (χ3v) is 2.03. The van der Waals surface area contributed by atoms with Crippen molar-refractivity contribution in [1.82, 2.24) is 0 Å². The molecule has 2 N–H and O–H groups in total. The van der Waals surface area contributed by atoms with Crippen LogP contribution < -0.4 is 0 Å². The van der Waals surface area contributed by atoms with E-state index < -0.39 is 24.0 Å². The molecule has 1 fully saturated rings. The Bertz CT molecular complexity index is 364. The summed E-state index contributed by atoms with van der Waals surface area (Å²) in [6.07, 6.45) is 0.183. The molecule has 1 heterocycles. The van der Waals surface area contributed by atoms with Gasteiger partial charge in [-0.3, -0.25) is 14.4 Å². The molecule has 0 aliphatic carbocycles. The molecule has 1 aliphatic rings. The van der Waals surface area contributed by atoms with Gasteiger partial charge in [0.15, 0.2) is 6.10 Å². The summed E-state index contributed by atoms with van der Waals surface area (Å²) in [6.45, 7) is 3.93. The molecule has 1 aliphatic heterocycles. The standard InChI is InChI=1S/C9H14O5.2C2H4O2.BrH/c1-6(10)14-7-3-4-13-8(5-7)9(11)12-2;2*1-2(3)4;/h7-8H,3-5H2,1-2H3;2*1H3,(H,3,4);1H/t7-,8+;;;/m1.../s1. The zero-order valence-corrected chi connectivity index (χ0v) is 15.1. The molecule has 1 rings (SSSR count). The molecule has 0 aromatic heterocycles. The number of aliphatic carboxylic acids is 2. The highest BCUT2D eigenvalue weighted by Gasteiger charge is 2.30. The maximum Gasteiger partial charge on any atom is 0.335 e. The number of esters is 2. The van der Waals surface area contributed by atoms with Crippen LogP contribution in [-0.2, 0) is 33.4 Å². The van der Waals surface area contributed by atoms with Gasteiger partial charge in [-0.05, 0) is 0 Å². The van der Waals surface area contributed by atoms with E-state index in [4.69, 9.17) is 29.3 Å². The van der Waals surface area contributed by atoms with Crippen LogP contribution in [-0.4, -0.2) is 60.0 Å². The first-order valence-electron chi connectivity index (χ1n) is 6.35. The maximum absolute atomic E-state index is 11.1. The number of halogens is 1. The van der Waals surface area contributed by atoms with Gasteiger partial charge in [0.25, 0.3) is 11.9 Å². The van der Waals surface area contributed by atoms with Gasteiger partial charge in [-0.2, -0.15) is 0 Å². The van der Waals surface area contributed by atoms with Crippen LogP contribution in [0.5, 0.6) is 0 Å². The first kappa shape index (κ1) is 26.2. The molecule has 1 saturated heterocycles. The molecule has 136 valence electrons. The van der Waals surface area contributed by atoms with Crippen molar-refractivity contribution in [1.29, 1.82) is 0 Å². The number of hydrogen-bond acceptors (Lipinski definition) is 7. The lowest BCUT2D eigenvalue weighted by Crippen LogP contribution is -2.37. The minimum absolute atomic E-state index is 0. The highest BCUT2D eigenvalue weighted by atomic mass is 79.9. The van der Waals surface area contributed by atoms with E-state index in [0.717, 1.165) is 13.8 Å². The van der Waals surface area contributed by atoms with E-state index in [-0.39, 0.29) is 29.1 Å². The lowest BCUT2D eigenvalue weighted by atomic mass is 10.1. The summed E-state index contributed by atoms with van der Waals surface area (Å²) in [5.74, 6) is -2.41. The average Bonchev–Trinajstić information content (AvgIpc) is 2.36. The van der Waals surface area contributed by atoms with Gasteiger partial charge in [-0.15, -0.1) is 17.0 Å². The van der Waals surface area contributed by atoms with Gasteiger partial charge in [0.05, 0.1) is 13.7 Å². The topological polar surface area (TPSA) is 136 Å². The van der Waals surface area contributed by atoms with Crippen LogP contribution in [0.25, 0.3) is 0 Å². The van der Waals surface area contributed by atoms with Crippen LogP contribution in [0.4, 0.5) is 0 Å². The van der Waals surface area contributed by atoms with E-state index in [9.17, 15) is 9.59 Å². The molecule has 0 amide bonds. The molecule has 2 atom stereocenters. The van der Waals surface area contributed by atoms with E-state index in [1.165, 1.54) is 14.0 Å². The largest absolute Gasteiger partial charge is 0.481 e. The molecule has 0 aromatic carbocycles. The van der Waals surface area contributed by atoms with Gasteiger partial charge in [0.2, 0.25) is 0 Å². The Morgan fingerprint density at radius 1 is 1.04 bits per heavy atom. The third-order valence-electron chi connectivity index (χ3n) is 2.03. The lowest BCUT2D eigenvalue weighted by molar-refractivity contribution is -0.168. The van der Waals surface area contributed by atoms with Crippen LogP contribution in [0.1, 0.15) is 33.6 Å². The first-order chi connectivity index (χ1) is 10.1. The Hall–Kier alpha value is -1.68. The highest BCUT2D eigenvalue weighted by Crippen LogP contribution is 2.17. The molecule has 23 heavy (non-hydrogen) atoms. The molecule has 0 spiro atoms. The quantitative estimate of drug-likeness (QED) is 0.648. The number of rotatable bonds is 2. The Kier molecular flexibility index (Phi) is 17.4. The second-order valence-corrected chi connectivity index (χ2v) is 4.18. The number of methoxy groups -OCH3 is 1. The van der Waals surface area contributed by atoms with E-state index >= 15 is 0 Å². The molecule has 9 nitrogen and oxygen atoms in total. The highest BCUT2D eigenvalue weighted by molar-refractivity contribution is 8.93. The molecule has 0 saturated carbocycles. The number of hydrogen-bond donors (Lipinski definition) is 2. The summed E-state index contributed by atoms with van der Waals surface area (Å²) >= 11 is 0. The second-order valence-electron chi connectivity index (χ2n) is 4.18. The first-order valence-corrected chi connectivity index (χ1v) is 6.35. The van der Waals surface area contributed by atoms with Gasteiger partial charge in [0.1, 0.15) is 6.10 Å². The summed E-state index contributed by atoms with van der Waals surface area (Å²) in [4.78, 5) is 39.8. The zero-order valence-electron chi connectivity index (χ0n) is 13.4. The second kappa shape index (κ2) is 15.2. The van der Waals surface area contributed by atoms with Crippen LogP contribution in [0.3, 0.4) is 0 Å². The van der Waals surface area contributed by atoms with E-state index in [1.807, 2.05) is 0 Å². The van der Waals surface area contributed by atoms with Gasteiger partial charge < -0.3 is 24.4 Å². The predicted octanol–water partition coefficient (Wildman–Crippen LogP) is 1.03. The van der Waals surface area contributed by atoms with Crippen molar-refractivity contribution in [2.24, 2.45) is 0 Å². The van der Waals surface area contributed by atoms with E-state index in [1.54, 1.807) is 0 Å². The molecular formula is C13H23BrO9. The van der Waals surface area contributed by atoms with Crippen LogP contribution in [0, 0.1) is 0 Å².